The van der Waals surface area contributed by atoms with E-state index in [1.165, 1.54) is 76.2 Å². The Morgan fingerprint density at radius 1 is 0.816 bits per heavy atom. The molecule has 4 N–H and O–H groups in total. The first kappa shape index (κ1) is 37.2. The highest BCUT2D eigenvalue weighted by molar-refractivity contribution is 7.45. The van der Waals surface area contributed by atoms with Gasteiger partial charge in [-0.3, -0.25) is 4.57 Å². The van der Waals surface area contributed by atoms with Gasteiger partial charge in [0.05, 0.1) is 39.4 Å². The van der Waals surface area contributed by atoms with Crippen molar-refractivity contribution >= 4 is 7.82 Å². The van der Waals surface area contributed by atoms with Crippen molar-refractivity contribution in [3.63, 3.8) is 0 Å². The number of hydrogen-bond acceptors (Lipinski definition) is 4. The fourth-order valence-electron chi connectivity index (χ4n) is 5.23. The summed E-state index contributed by atoms with van der Waals surface area (Å²) in [5.41, 5.74) is 1.36. The lowest BCUT2D eigenvalue weighted by Gasteiger charge is -2.41. The lowest BCUT2D eigenvalue weighted by atomic mass is 10.0. The number of phosphoric ester groups is 1. The van der Waals surface area contributed by atoms with E-state index in [9.17, 15) is 9.46 Å². The molecule has 0 amide bonds. The quantitative estimate of drug-likeness (QED) is 0.101. The molecule has 1 aliphatic heterocycles. The normalized spacial score (nSPS) is 20.8. The minimum Gasteiger partial charge on any atom is -0.756 e. The minimum absolute atomic E-state index is 0. The number of hydrogen-bond donors (Lipinski definition) is 0. The van der Waals surface area contributed by atoms with Crippen LogP contribution in [0.4, 0.5) is 0 Å². The topological polar surface area (TPSA) is 122 Å². The highest BCUT2D eigenvalue weighted by Crippen LogP contribution is 2.42. The third-order valence-corrected chi connectivity index (χ3v) is 8.85. The third kappa shape index (κ3) is 17.7. The van der Waals surface area contributed by atoms with Crippen molar-refractivity contribution in [2.24, 2.45) is 0 Å². The number of piperidine rings is 1. The van der Waals surface area contributed by atoms with Gasteiger partial charge in [0.1, 0.15) is 0 Å². The molecule has 7 nitrogen and oxygen atoms in total. The van der Waals surface area contributed by atoms with Crippen LogP contribution in [0, 0.1) is 0 Å². The van der Waals surface area contributed by atoms with Crippen LogP contribution in [0.2, 0.25) is 0 Å². The highest BCUT2D eigenvalue weighted by atomic mass is 31.2. The molecule has 0 radical (unpaired) electrons. The van der Waals surface area contributed by atoms with Gasteiger partial charge in [0, 0.05) is 19.3 Å². The van der Waals surface area contributed by atoms with Gasteiger partial charge in [-0.25, -0.2) is 0 Å². The molecule has 1 aromatic rings. The molecule has 1 fully saturated rings. The average molecular weight is 560 g/mol. The van der Waals surface area contributed by atoms with Crippen molar-refractivity contribution in [1.82, 2.24) is 0 Å². The first-order chi connectivity index (χ1) is 17.4. The molecule has 1 unspecified atom stereocenters. The molecule has 0 spiro atoms. The molecule has 0 aliphatic carbocycles. The Bertz CT molecular complexity index is 712. The molecular formula is C30H58NO6P. The maximum atomic E-state index is 12.3. The summed E-state index contributed by atoms with van der Waals surface area (Å²) in [7, 11) is -1.94. The van der Waals surface area contributed by atoms with Gasteiger partial charge in [0.15, 0.2) is 0 Å². The molecule has 8 heteroatoms. The van der Waals surface area contributed by atoms with Gasteiger partial charge < -0.3 is 29.4 Å². The fourth-order valence-corrected chi connectivity index (χ4v) is 6.22. The Morgan fingerprint density at radius 3 is 1.79 bits per heavy atom. The zero-order valence-electron chi connectivity index (χ0n) is 24.3. The first-order valence-corrected chi connectivity index (χ1v) is 16.4. The van der Waals surface area contributed by atoms with E-state index in [1.807, 2.05) is 6.07 Å². The minimum atomic E-state index is -4.21. The van der Waals surface area contributed by atoms with E-state index in [2.05, 4.69) is 38.2 Å². The van der Waals surface area contributed by atoms with Crippen LogP contribution in [-0.2, 0) is 20.0 Å². The number of quaternary nitrogens is 1. The molecule has 0 aromatic heterocycles. The van der Waals surface area contributed by atoms with Crippen molar-refractivity contribution in [2.45, 2.75) is 122 Å². The smallest absolute Gasteiger partial charge is 0.268 e. The Labute approximate surface area is 233 Å². The number of likely N-dealkylation sites (N-methyl/N-ethyl adjacent to an activating group) is 1. The summed E-state index contributed by atoms with van der Waals surface area (Å²) in [5.74, 6) is 0. The van der Waals surface area contributed by atoms with Gasteiger partial charge in [0.2, 0.25) is 0 Å². The number of likely N-dealkylation sites (tertiary alicyclic amines) is 1. The van der Waals surface area contributed by atoms with Crippen molar-refractivity contribution in [3.05, 3.63) is 35.9 Å². The van der Waals surface area contributed by atoms with Crippen LogP contribution in [0.3, 0.4) is 0 Å². The van der Waals surface area contributed by atoms with Crippen molar-refractivity contribution < 1.29 is 33.9 Å². The summed E-state index contributed by atoms with van der Waals surface area (Å²) in [6.07, 6.45) is 20.2. The van der Waals surface area contributed by atoms with Gasteiger partial charge >= 0.3 is 0 Å². The Balaban J connectivity index is 0.00000684. The van der Waals surface area contributed by atoms with Crippen LogP contribution < -0.4 is 4.89 Å². The molecule has 1 heterocycles. The average Bonchev–Trinajstić information content (AvgIpc) is 2.87. The number of benzene rings is 1. The van der Waals surface area contributed by atoms with Gasteiger partial charge in [-0.15, -0.1) is 0 Å². The lowest BCUT2D eigenvalue weighted by molar-refractivity contribution is -0.914. The Hall–Kier alpha value is -0.790. The summed E-state index contributed by atoms with van der Waals surface area (Å²) < 4.78 is 23.8. The van der Waals surface area contributed by atoms with Gasteiger partial charge in [-0.2, -0.15) is 0 Å². The van der Waals surface area contributed by atoms with E-state index in [4.69, 9.17) is 9.05 Å². The number of nitrogens with zero attached hydrogens (tertiary/aromatic N) is 1. The zero-order valence-corrected chi connectivity index (χ0v) is 25.2. The predicted octanol–water partition coefficient (Wildman–Crippen LogP) is 6.17. The standard InChI is InChI=1S/C30H54NO4P.2H2O/c1-3-4-5-6-7-8-9-10-11-12-13-14-15-19-28-34-36(32,33)35-30-23-26-31(2,27-24-30)25-22-29-20-17-16-18-21-29;;/h16-18,20-21,30H,3-15,19,22-28H2,1-2H3;2*1H2. The second-order valence-electron chi connectivity index (χ2n) is 11.2. The second-order valence-corrected chi connectivity index (χ2v) is 12.6. The molecule has 38 heavy (non-hydrogen) atoms. The third-order valence-electron chi connectivity index (χ3n) is 7.79. The summed E-state index contributed by atoms with van der Waals surface area (Å²) in [6.45, 7) is 5.47. The predicted molar refractivity (Wildman–Crippen MR) is 156 cm³/mol. The number of unbranched alkanes of at least 4 members (excludes halogenated alkanes) is 13. The van der Waals surface area contributed by atoms with Crippen LogP contribution in [0.1, 0.15) is 115 Å². The van der Waals surface area contributed by atoms with Crippen LogP contribution >= 0.6 is 7.82 Å². The van der Waals surface area contributed by atoms with Crippen molar-refractivity contribution in [3.8, 4) is 0 Å². The van der Waals surface area contributed by atoms with E-state index in [-0.39, 0.29) is 23.7 Å². The molecule has 1 atom stereocenters. The van der Waals surface area contributed by atoms with Crippen LogP contribution in [0.5, 0.6) is 0 Å². The molecule has 1 saturated heterocycles. The van der Waals surface area contributed by atoms with Crippen LogP contribution in [-0.4, -0.2) is 54.8 Å². The fraction of sp³-hybridized carbons (Fsp3) is 0.800. The monoisotopic (exact) mass is 559 g/mol. The summed E-state index contributed by atoms with van der Waals surface area (Å²) in [5, 5.41) is 0. The van der Waals surface area contributed by atoms with Gasteiger partial charge in [-0.05, 0) is 12.0 Å². The van der Waals surface area contributed by atoms with Gasteiger partial charge in [0.25, 0.3) is 7.82 Å². The molecular weight excluding hydrogens is 501 g/mol. The maximum Gasteiger partial charge on any atom is 0.268 e. The number of phosphoric acid groups is 1. The van der Waals surface area contributed by atoms with Crippen molar-refractivity contribution in [2.75, 3.05) is 33.3 Å². The largest absolute Gasteiger partial charge is 0.756 e. The Morgan fingerprint density at radius 2 is 1.29 bits per heavy atom. The highest BCUT2D eigenvalue weighted by Gasteiger charge is 2.32. The summed E-state index contributed by atoms with van der Waals surface area (Å²) >= 11 is 0. The van der Waals surface area contributed by atoms with Crippen LogP contribution in [0.25, 0.3) is 0 Å². The molecule has 224 valence electrons. The first-order valence-electron chi connectivity index (χ1n) is 14.9. The molecule has 2 rings (SSSR count). The van der Waals surface area contributed by atoms with Gasteiger partial charge in [-0.1, -0.05) is 121 Å². The molecule has 1 aliphatic rings. The SMILES string of the molecule is CCCCCCCCCCCCCCCCOP(=O)([O-])OC1CC[N+](C)(CCc2ccccc2)CC1.O.O. The molecule has 0 bridgehead atoms. The van der Waals surface area contributed by atoms with Crippen LogP contribution in [0.15, 0.2) is 30.3 Å². The summed E-state index contributed by atoms with van der Waals surface area (Å²) in [6, 6.07) is 10.6. The number of rotatable bonds is 21. The van der Waals surface area contributed by atoms with E-state index in [0.29, 0.717) is 0 Å². The molecule has 0 saturated carbocycles. The second kappa shape index (κ2) is 22.0. The van der Waals surface area contributed by atoms with E-state index >= 15 is 0 Å². The van der Waals surface area contributed by atoms with E-state index < -0.39 is 7.82 Å². The zero-order chi connectivity index (χ0) is 26.0. The summed E-state index contributed by atoms with van der Waals surface area (Å²) in [4.78, 5) is 12.3. The molecule has 1 aromatic carbocycles. The maximum absolute atomic E-state index is 12.3. The van der Waals surface area contributed by atoms with Crippen molar-refractivity contribution in [1.29, 1.82) is 0 Å². The lowest BCUT2D eigenvalue weighted by Crippen LogP contribution is -2.52. The Kier molecular flexibility index (Phi) is 21.5. The van der Waals surface area contributed by atoms with E-state index in [1.54, 1.807) is 0 Å². The van der Waals surface area contributed by atoms with E-state index in [0.717, 1.165) is 62.6 Å².